The number of amides is 2. The van der Waals surface area contributed by atoms with Gasteiger partial charge in [0.2, 0.25) is 5.91 Å². The van der Waals surface area contributed by atoms with Gasteiger partial charge in [-0.3, -0.25) is 4.79 Å². The summed E-state index contributed by atoms with van der Waals surface area (Å²) in [5, 5.41) is 12.0. The van der Waals surface area contributed by atoms with Gasteiger partial charge in [-0.05, 0) is 24.8 Å². The molecular weight excluding hydrogens is 356 g/mol. The van der Waals surface area contributed by atoms with Gasteiger partial charge in [0.05, 0.1) is 0 Å². The minimum atomic E-state index is -0.767. The fraction of sp³-hybridized carbons (Fsp3) is 0.636. The molecule has 0 heterocycles. The summed E-state index contributed by atoms with van der Waals surface area (Å²) >= 11 is 0. The van der Waals surface area contributed by atoms with Crippen molar-refractivity contribution in [3.05, 3.63) is 35.9 Å². The predicted molar refractivity (Wildman–Crippen MR) is 111 cm³/mol. The van der Waals surface area contributed by atoms with E-state index in [0.717, 1.165) is 44.1 Å². The van der Waals surface area contributed by atoms with Gasteiger partial charge < -0.3 is 20.1 Å². The molecule has 6 nitrogen and oxygen atoms in total. The van der Waals surface area contributed by atoms with Crippen LogP contribution in [0, 0.1) is 0 Å². The zero-order chi connectivity index (χ0) is 20.6. The molecule has 2 N–H and O–H groups in total. The third-order valence-corrected chi connectivity index (χ3v) is 4.60. The quantitative estimate of drug-likeness (QED) is 0.471. The van der Waals surface area contributed by atoms with Crippen LogP contribution in [0.5, 0.6) is 0 Å². The van der Waals surface area contributed by atoms with Gasteiger partial charge in [0.25, 0.3) is 0 Å². The highest BCUT2D eigenvalue weighted by atomic mass is 16.5. The summed E-state index contributed by atoms with van der Waals surface area (Å²) in [7, 11) is 0. The van der Waals surface area contributed by atoms with E-state index in [1.807, 2.05) is 35.2 Å². The molecule has 1 aromatic rings. The number of aliphatic hydroxyl groups excluding tert-OH is 1. The van der Waals surface area contributed by atoms with Crippen LogP contribution in [0.4, 0.5) is 4.79 Å². The van der Waals surface area contributed by atoms with Gasteiger partial charge in [-0.2, -0.15) is 0 Å². The van der Waals surface area contributed by atoms with Gasteiger partial charge in [-0.15, -0.1) is 0 Å². The molecular formula is C22H36N2O4. The standard InChI is InChI=1S/C22H36N2O4/c1-3-5-10-15-24(16-11-6-4-2)21(26)20(14-17-25)23-22(27)28-18-19-12-8-7-9-13-19/h7-9,12-13,20,25H,3-6,10-11,14-18H2,1-2H3,(H,23,27)/t20-/m0/s1. The predicted octanol–water partition coefficient (Wildman–Crippen LogP) is 3.87. The first-order chi connectivity index (χ1) is 13.6. The second kappa shape index (κ2) is 14.9. The topological polar surface area (TPSA) is 78.9 Å². The molecule has 0 saturated carbocycles. The SMILES string of the molecule is CCCCCN(CCCCC)C(=O)[C@H](CCO)NC(=O)OCc1ccccc1. The molecule has 0 aliphatic heterocycles. The molecule has 0 aliphatic carbocycles. The van der Waals surface area contributed by atoms with Crippen LogP contribution in [-0.4, -0.2) is 47.7 Å². The van der Waals surface area contributed by atoms with Crippen molar-refractivity contribution in [2.24, 2.45) is 0 Å². The lowest BCUT2D eigenvalue weighted by atomic mass is 10.1. The lowest BCUT2D eigenvalue weighted by Gasteiger charge is -2.27. The first-order valence-electron chi connectivity index (χ1n) is 10.5. The van der Waals surface area contributed by atoms with E-state index < -0.39 is 12.1 Å². The van der Waals surface area contributed by atoms with Crippen molar-refractivity contribution in [1.29, 1.82) is 0 Å². The van der Waals surface area contributed by atoms with Crippen molar-refractivity contribution in [2.75, 3.05) is 19.7 Å². The molecule has 2 amide bonds. The molecule has 0 aliphatic rings. The fourth-order valence-corrected chi connectivity index (χ4v) is 2.95. The maximum Gasteiger partial charge on any atom is 0.408 e. The minimum Gasteiger partial charge on any atom is -0.445 e. The van der Waals surface area contributed by atoms with E-state index in [2.05, 4.69) is 19.2 Å². The van der Waals surface area contributed by atoms with Crippen LogP contribution in [0.1, 0.15) is 64.4 Å². The van der Waals surface area contributed by atoms with Gasteiger partial charge in [-0.25, -0.2) is 4.79 Å². The average Bonchev–Trinajstić information content (AvgIpc) is 2.71. The van der Waals surface area contributed by atoms with E-state index in [4.69, 9.17) is 4.74 Å². The number of hydrogen-bond acceptors (Lipinski definition) is 4. The second-order valence-corrected chi connectivity index (χ2v) is 7.01. The Balaban J connectivity index is 2.63. The maximum absolute atomic E-state index is 13.0. The lowest BCUT2D eigenvalue weighted by molar-refractivity contribution is -0.134. The van der Waals surface area contributed by atoms with Crippen LogP contribution < -0.4 is 5.32 Å². The van der Waals surface area contributed by atoms with Gasteiger partial charge in [0.1, 0.15) is 12.6 Å². The summed E-state index contributed by atoms with van der Waals surface area (Å²) in [5.74, 6) is -0.141. The molecule has 158 valence electrons. The molecule has 0 radical (unpaired) electrons. The first kappa shape index (κ1) is 24.0. The van der Waals surface area contributed by atoms with Crippen molar-refractivity contribution in [1.82, 2.24) is 10.2 Å². The first-order valence-corrected chi connectivity index (χ1v) is 10.5. The Morgan fingerprint density at radius 1 is 1.04 bits per heavy atom. The summed E-state index contributed by atoms with van der Waals surface area (Å²) < 4.78 is 5.23. The van der Waals surface area contributed by atoms with Crippen molar-refractivity contribution in [3.8, 4) is 0 Å². The van der Waals surface area contributed by atoms with Gasteiger partial charge in [0.15, 0.2) is 0 Å². The lowest BCUT2D eigenvalue weighted by Crippen LogP contribution is -2.49. The van der Waals surface area contributed by atoms with Gasteiger partial charge in [-0.1, -0.05) is 69.9 Å². The number of carbonyl (C=O) groups excluding carboxylic acids is 2. The second-order valence-electron chi connectivity index (χ2n) is 7.01. The number of aliphatic hydroxyl groups is 1. The van der Waals surface area contributed by atoms with E-state index in [-0.39, 0.29) is 25.5 Å². The smallest absolute Gasteiger partial charge is 0.408 e. The number of rotatable bonds is 14. The molecule has 0 spiro atoms. The highest BCUT2D eigenvalue weighted by Crippen LogP contribution is 2.08. The Morgan fingerprint density at radius 2 is 1.64 bits per heavy atom. The number of nitrogens with one attached hydrogen (secondary N) is 1. The third kappa shape index (κ3) is 9.74. The molecule has 1 aromatic carbocycles. The van der Waals surface area contributed by atoms with Gasteiger partial charge in [0, 0.05) is 19.7 Å². The third-order valence-electron chi connectivity index (χ3n) is 4.60. The Hall–Kier alpha value is -2.08. The normalized spacial score (nSPS) is 11.7. The zero-order valence-electron chi connectivity index (χ0n) is 17.4. The van der Waals surface area contributed by atoms with E-state index in [9.17, 15) is 14.7 Å². The van der Waals surface area contributed by atoms with Gasteiger partial charge >= 0.3 is 6.09 Å². The Kier molecular flexibility index (Phi) is 12.8. The Bertz CT molecular complexity index is 541. The highest BCUT2D eigenvalue weighted by Gasteiger charge is 2.25. The van der Waals surface area contributed by atoms with Crippen LogP contribution in [0.2, 0.25) is 0 Å². The molecule has 0 saturated heterocycles. The van der Waals surface area contributed by atoms with Crippen LogP contribution in [0.3, 0.4) is 0 Å². The van der Waals surface area contributed by atoms with Crippen LogP contribution in [0.15, 0.2) is 30.3 Å². The summed E-state index contributed by atoms with van der Waals surface area (Å²) in [5.41, 5.74) is 0.878. The summed E-state index contributed by atoms with van der Waals surface area (Å²) in [6.45, 7) is 5.58. The molecule has 1 atom stereocenters. The molecule has 6 heteroatoms. The average molecular weight is 393 g/mol. The molecule has 1 rings (SSSR count). The largest absolute Gasteiger partial charge is 0.445 e. The zero-order valence-corrected chi connectivity index (χ0v) is 17.4. The molecule has 28 heavy (non-hydrogen) atoms. The van der Waals surface area contributed by atoms with Crippen molar-refractivity contribution in [2.45, 2.75) is 71.4 Å². The number of benzene rings is 1. The number of nitrogens with zero attached hydrogens (tertiary/aromatic N) is 1. The van der Waals surface area contributed by atoms with E-state index in [0.29, 0.717) is 13.1 Å². The number of unbranched alkanes of at least 4 members (excludes halogenated alkanes) is 4. The summed E-state index contributed by atoms with van der Waals surface area (Å²) in [4.78, 5) is 27.0. The Morgan fingerprint density at radius 3 is 2.18 bits per heavy atom. The number of carbonyl (C=O) groups is 2. The maximum atomic E-state index is 13.0. The van der Waals surface area contributed by atoms with Crippen molar-refractivity contribution >= 4 is 12.0 Å². The summed E-state index contributed by atoms with van der Waals surface area (Å²) in [6.07, 6.45) is 5.72. The number of alkyl carbamates (subject to hydrolysis) is 1. The molecule has 0 unspecified atom stereocenters. The van der Waals surface area contributed by atoms with Crippen LogP contribution in [-0.2, 0) is 16.1 Å². The van der Waals surface area contributed by atoms with E-state index in [1.165, 1.54) is 0 Å². The van der Waals surface area contributed by atoms with Crippen LogP contribution >= 0.6 is 0 Å². The molecule has 0 fully saturated rings. The van der Waals surface area contributed by atoms with E-state index >= 15 is 0 Å². The summed E-state index contributed by atoms with van der Waals surface area (Å²) in [6, 6.07) is 8.61. The highest BCUT2D eigenvalue weighted by molar-refractivity contribution is 5.85. The van der Waals surface area contributed by atoms with Crippen molar-refractivity contribution in [3.63, 3.8) is 0 Å². The van der Waals surface area contributed by atoms with Crippen LogP contribution in [0.25, 0.3) is 0 Å². The van der Waals surface area contributed by atoms with E-state index in [1.54, 1.807) is 0 Å². The molecule has 0 aromatic heterocycles. The monoisotopic (exact) mass is 392 g/mol. The minimum absolute atomic E-state index is 0.141. The fourth-order valence-electron chi connectivity index (χ4n) is 2.95. The molecule has 0 bridgehead atoms. The number of hydrogen-bond donors (Lipinski definition) is 2. The van der Waals surface area contributed by atoms with Crippen molar-refractivity contribution < 1.29 is 19.4 Å². The Labute approximate surface area is 169 Å². The number of ether oxygens (including phenoxy) is 1.